The molecule has 0 aliphatic rings. The molecule has 0 saturated carbocycles. The summed E-state index contributed by atoms with van der Waals surface area (Å²) < 4.78 is 15.3. The SMILES string of the molecule is CCc1cccc(-c2nc(-c3ccccc3)n(CC)c2C(=O)NC(C)c2ccc(F)cc2)c1. The summed E-state index contributed by atoms with van der Waals surface area (Å²) in [5.41, 5.74) is 5.08. The highest BCUT2D eigenvalue weighted by molar-refractivity contribution is 5.99. The highest BCUT2D eigenvalue weighted by Gasteiger charge is 2.25. The van der Waals surface area contributed by atoms with Gasteiger partial charge in [-0.3, -0.25) is 4.79 Å². The van der Waals surface area contributed by atoms with E-state index in [1.54, 1.807) is 12.1 Å². The molecule has 4 nitrogen and oxygen atoms in total. The number of hydrogen-bond acceptors (Lipinski definition) is 2. The number of imidazole rings is 1. The number of amides is 1. The Labute approximate surface area is 194 Å². The largest absolute Gasteiger partial charge is 0.344 e. The Morgan fingerprint density at radius 1 is 0.970 bits per heavy atom. The van der Waals surface area contributed by atoms with E-state index in [0.717, 1.165) is 28.9 Å². The zero-order valence-electron chi connectivity index (χ0n) is 19.2. The molecule has 1 N–H and O–H groups in total. The molecule has 0 aliphatic carbocycles. The molecule has 4 rings (SSSR count). The van der Waals surface area contributed by atoms with Crippen LogP contribution in [-0.4, -0.2) is 15.5 Å². The molecule has 1 unspecified atom stereocenters. The average molecular weight is 442 g/mol. The Balaban J connectivity index is 1.81. The third kappa shape index (κ3) is 4.72. The highest BCUT2D eigenvalue weighted by atomic mass is 19.1. The second-order valence-corrected chi connectivity index (χ2v) is 8.04. The maximum Gasteiger partial charge on any atom is 0.270 e. The molecule has 0 spiro atoms. The van der Waals surface area contributed by atoms with Crippen molar-refractivity contribution in [3.05, 3.63) is 102 Å². The van der Waals surface area contributed by atoms with Crippen molar-refractivity contribution >= 4 is 5.91 Å². The van der Waals surface area contributed by atoms with Crippen molar-refractivity contribution < 1.29 is 9.18 Å². The van der Waals surface area contributed by atoms with Crippen molar-refractivity contribution in [3.63, 3.8) is 0 Å². The van der Waals surface area contributed by atoms with Crippen LogP contribution in [0, 0.1) is 5.82 Å². The topological polar surface area (TPSA) is 46.9 Å². The van der Waals surface area contributed by atoms with Crippen LogP contribution in [0.1, 0.15) is 48.4 Å². The average Bonchev–Trinajstić information content (AvgIpc) is 3.25. The van der Waals surface area contributed by atoms with Gasteiger partial charge in [0.25, 0.3) is 5.91 Å². The van der Waals surface area contributed by atoms with E-state index >= 15 is 0 Å². The van der Waals surface area contributed by atoms with Crippen molar-refractivity contribution in [1.82, 2.24) is 14.9 Å². The normalized spacial score (nSPS) is 11.9. The molecule has 4 aromatic rings. The van der Waals surface area contributed by atoms with Crippen LogP contribution in [0.4, 0.5) is 4.39 Å². The molecular formula is C28H28FN3O. The van der Waals surface area contributed by atoms with E-state index in [9.17, 15) is 9.18 Å². The number of benzene rings is 3. The molecule has 1 atom stereocenters. The number of rotatable bonds is 7. The number of aryl methyl sites for hydroxylation is 1. The first-order valence-corrected chi connectivity index (χ1v) is 11.3. The molecule has 3 aromatic carbocycles. The van der Waals surface area contributed by atoms with Gasteiger partial charge in [-0.1, -0.05) is 67.6 Å². The summed E-state index contributed by atoms with van der Waals surface area (Å²) in [5.74, 6) is 0.252. The van der Waals surface area contributed by atoms with E-state index in [0.29, 0.717) is 17.9 Å². The number of hydrogen-bond donors (Lipinski definition) is 1. The standard InChI is InChI=1S/C28H28FN3O/c1-4-20-10-9-13-23(18-20)25-26(28(33)30-19(3)21-14-16-24(29)17-15-21)32(5-2)27(31-25)22-11-7-6-8-12-22/h6-19H,4-5H2,1-3H3,(H,30,33). The monoisotopic (exact) mass is 441 g/mol. The van der Waals surface area contributed by atoms with E-state index in [1.165, 1.54) is 17.7 Å². The molecule has 0 aliphatic heterocycles. The van der Waals surface area contributed by atoms with Gasteiger partial charge in [0.1, 0.15) is 23.0 Å². The first-order chi connectivity index (χ1) is 16.0. The maximum absolute atomic E-state index is 13.6. The second-order valence-electron chi connectivity index (χ2n) is 8.04. The number of carbonyl (C=O) groups is 1. The quantitative estimate of drug-likeness (QED) is 0.359. The van der Waals surface area contributed by atoms with Gasteiger partial charge in [0.2, 0.25) is 0 Å². The van der Waals surface area contributed by atoms with Crippen molar-refractivity contribution in [2.75, 3.05) is 0 Å². The zero-order valence-corrected chi connectivity index (χ0v) is 19.2. The van der Waals surface area contributed by atoms with Gasteiger partial charge >= 0.3 is 0 Å². The summed E-state index contributed by atoms with van der Waals surface area (Å²) in [5, 5.41) is 3.09. The zero-order chi connectivity index (χ0) is 23.4. The fourth-order valence-corrected chi connectivity index (χ4v) is 4.04. The Hall–Kier alpha value is -3.73. The molecular weight excluding hydrogens is 413 g/mol. The van der Waals surface area contributed by atoms with Crippen LogP contribution in [0.25, 0.3) is 22.6 Å². The van der Waals surface area contributed by atoms with Gasteiger partial charge in [0.15, 0.2) is 0 Å². The predicted octanol–water partition coefficient (Wildman–Crippen LogP) is 6.43. The number of nitrogens with zero attached hydrogens (tertiary/aromatic N) is 2. The van der Waals surface area contributed by atoms with E-state index in [4.69, 9.17) is 4.98 Å². The summed E-state index contributed by atoms with van der Waals surface area (Å²) in [7, 11) is 0. The minimum atomic E-state index is -0.299. The van der Waals surface area contributed by atoms with Crippen LogP contribution in [0.3, 0.4) is 0 Å². The fraction of sp³-hybridized carbons (Fsp3) is 0.214. The molecule has 0 radical (unpaired) electrons. The maximum atomic E-state index is 13.6. The molecule has 1 aromatic heterocycles. The van der Waals surface area contributed by atoms with Gasteiger partial charge in [0.05, 0.1) is 6.04 Å². The van der Waals surface area contributed by atoms with Crippen molar-refractivity contribution in [3.8, 4) is 22.6 Å². The van der Waals surface area contributed by atoms with Crippen LogP contribution >= 0.6 is 0 Å². The minimum Gasteiger partial charge on any atom is -0.344 e. The fourth-order valence-electron chi connectivity index (χ4n) is 4.04. The van der Waals surface area contributed by atoms with Gasteiger partial charge in [-0.15, -0.1) is 0 Å². The van der Waals surface area contributed by atoms with Crippen LogP contribution in [0.2, 0.25) is 0 Å². The molecule has 5 heteroatoms. The first-order valence-electron chi connectivity index (χ1n) is 11.3. The summed E-state index contributed by atoms with van der Waals surface area (Å²) >= 11 is 0. The Kier molecular flexibility index (Phi) is 6.68. The number of nitrogens with one attached hydrogen (secondary N) is 1. The minimum absolute atomic E-state index is 0.208. The molecule has 33 heavy (non-hydrogen) atoms. The van der Waals surface area contributed by atoms with E-state index in [2.05, 4.69) is 24.4 Å². The Morgan fingerprint density at radius 3 is 2.33 bits per heavy atom. The number of aromatic nitrogens is 2. The lowest BCUT2D eigenvalue weighted by molar-refractivity contribution is 0.0931. The van der Waals surface area contributed by atoms with Crippen molar-refractivity contribution in [1.29, 1.82) is 0 Å². The molecule has 0 fully saturated rings. The number of carbonyl (C=O) groups excluding carboxylic acids is 1. The van der Waals surface area contributed by atoms with E-state index < -0.39 is 0 Å². The first kappa shape index (κ1) is 22.5. The Morgan fingerprint density at radius 2 is 1.67 bits per heavy atom. The van der Waals surface area contributed by atoms with Crippen molar-refractivity contribution in [2.24, 2.45) is 0 Å². The van der Waals surface area contributed by atoms with Crippen LogP contribution < -0.4 is 5.32 Å². The lowest BCUT2D eigenvalue weighted by atomic mass is 10.0. The third-order valence-corrected chi connectivity index (χ3v) is 5.86. The molecule has 1 heterocycles. The van der Waals surface area contributed by atoms with Gasteiger partial charge < -0.3 is 9.88 Å². The van der Waals surface area contributed by atoms with Gasteiger partial charge in [-0.25, -0.2) is 9.37 Å². The summed E-state index contributed by atoms with van der Waals surface area (Å²) in [6.45, 7) is 6.61. The predicted molar refractivity (Wildman–Crippen MR) is 130 cm³/mol. The summed E-state index contributed by atoms with van der Waals surface area (Å²) in [6, 6.07) is 24.0. The second kappa shape index (κ2) is 9.82. The lowest BCUT2D eigenvalue weighted by Gasteiger charge is -2.16. The highest BCUT2D eigenvalue weighted by Crippen LogP contribution is 2.31. The molecule has 168 valence electrons. The summed E-state index contributed by atoms with van der Waals surface area (Å²) in [4.78, 5) is 18.6. The smallest absolute Gasteiger partial charge is 0.270 e. The molecule has 0 bridgehead atoms. The summed E-state index contributed by atoms with van der Waals surface area (Å²) in [6.07, 6.45) is 0.900. The molecule has 0 saturated heterocycles. The lowest BCUT2D eigenvalue weighted by Crippen LogP contribution is -2.29. The van der Waals surface area contributed by atoms with Gasteiger partial charge in [0, 0.05) is 17.7 Å². The Bertz CT molecular complexity index is 1250. The van der Waals surface area contributed by atoms with Crippen LogP contribution in [0.5, 0.6) is 0 Å². The van der Waals surface area contributed by atoms with E-state index in [-0.39, 0.29) is 17.8 Å². The third-order valence-electron chi connectivity index (χ3n) is 5.86. The van der Waals surface area contributed by atoms with E-state index in [1.807, 2.05) is 60.9 Å². The molecule has 1 amide bonds. The van der Waals surface area contributed by atoms with Gasteiger partial charge in [-0.2, -0.15) is 0 Å². The van der Waals surface area contributed by atoms with Crippen LogP contribution in [0.15, 0.2) is 78.9 Å². The van der Waals surface area contributed by atoms with Crippen LogP contribution in [-0.2, 0) is 13.0 Å². The van der Waals surface area contributed by atoms with Gasteiger partial charge in [-0.05, 0) is 49.6 Å². The van der Waals surface area contributed by atoms with Crippen molar-refractivity contribution in [2.45, 2.75) is 39.8 Å². The number of halogens is 1.